The summed E-state index contributed by atoms with van der Waals surface area (Å²) >= 11 is 0. The lowest BCUT2D eigenvalue weighted by Gasteiger charge is -2.48. The third-order valence-electron chi connectivity index (χ3n) is 7.13. The molecule has 0 amide bonds. The van der Waals surface area contributed by atoms with Crippen molar-refractivity contribution in [1.29, 1.82) is 0 Å². The molecule has 194 valence electrons. The molecule has 8 N–H and O–H groups in total. The van der Waals surface area contributed by atoms with Gasteiger partial charge < -0.3 is 59.8 Å². The van der Waals surface area contributed by atoms with E-state index in [1.54, 1.807) is 20.8 Å². The molecular weight excluding hydrogens is 444 g/mol. The van der Waals surface area contributed by atoms with Crippen molar-refractivity contribution >= 4 is 0 Å². The normalized spacial score (nSPS) is 49.7. The first-order chi connectivity index (χ1) is 15.2. The van der Waals surface area contributed by atoms with Crippen LogP contribution in [0.25, 0.3) is 0 Å². The molecule has 3 fully saturated rings. The summed E-state index contributed by atoms with van der Waals surface area (Å²) in [6.07, 6.45) is -12.8. The van der Waals surface area contributed by atoms with Gasteiger partial charge in [0.05, 0.1) is 30.5 Å². The van der Waals surface area contributed by atoms with E-state index in [9.17, 15) is 40.9 Å². The lowest BCUT2D eigenvalue weighted by Crippen LogP contribution is -2.63. The first kappa shape index (κ1) is 27.1. The number of hydrogen-bond acceptors (Lipinski definition) is 12. The first-order valence-corrected chi connectivity index (χ1v) is 11.3. The van der Waals surface area contributed by atoms with Crippen molar-refractivity contribution in [2.75, 3.05) is 13.2 Å². The van der Waals surface area contributed by atoms with Crippen LogP contribution < -0.4 is 0 Å². The van der Waals surface area contributed by atoms with Gasteiger partial charge in [-0.25, -0.2) is 0 Å². The summed E-state index contributed by atoms with van der Waals surface area (Å²) in [5.41, 5.74) is -2.11. The Morgan fingerprint density at radius 1 is 0.909 bits per heavy atom. The van der Waals surface area contributed by atoms with E-state index in [0.29, 0.717) is 12.8 Å². The fourth-order valence-electron chi connectivity index (χ4n) is 4.58. The minimum Gasteiger partial charge on any atom is -0.390 e. The molecule has 12 nitrogen and oxygen atoms in total. The van der Waals surface area contributed by atoms with Gasteiger partial charge in [0.1, 0.15) is 42.7 Å². The van der Waals surface area contributed by atoms with Crippen molar-refractivity contribution in [3.8, 4) is 0 Å². The number of aliphatic hydroxyl groups is 8. The maximum absolute atomic E-state index is 10.7. The molecule has 12 heteroatoms. The Labute approximate surface area is 192 Å². The third-order valence-corrected chi connectivity index (χ3v) is 7.13. The lowest BCUT2D eigenvalue weighted by atomic mass is 9.71. The minimum absolute atomic E-state index is 0.147. The Morgan fingerprint density at radius 3 is 2.15 bits per heavy atom. The molecule has 0 aromatic heterocycles. The summed E-state index contributed by atoms with van der Waals surface area (Å²) in [7, 11) is 0. The second-order valence-electron chi connectivity index (χ2n) is 10.2. The number of hydrogen-bond donors (Lipinski definition) is 8. The van der Waals surface area contributed by atoms with Crippen LogP contribution in [0.4, 0.5) is 0 Å². The van der Waals surface area contributed by atoms with Crippen molar-refractivity contribution in [3.05, 3.63) is 0 Å². The zero-order valence-electron chi connectivity index (χ0n) is 19.1. The fourth-order valence-corrected chi connectivity index (χ4v) is 4.58. The Balaban J connectivity index is 1.62. The molecular formula is C21H38O12. The van der Waals surface area contributed by atoms with Crippen LogP contribution in [0.2, 0.25) is 0 Å². The quantitative estimate of drug-likeness (QED) is 0.191. The van der Waals surface area contributed by atoms with Crippen LogP contribution in [0.1, 0.15) is 40.0 Å². The van der Waals surface area contributed by atoms with Crippen LogP contribution in [0.5, 0.6) is 0 Å². The molecule has 2 aliphatic heterocycles. The highest BCUT2D eigenvalue weighted by Gasteiger charge is 2.51. The predicted molar refractivity (Wildman–Crippen MR) is 110 cm³/mol. The average molecular weight is 483 g/mol. The van der Waals surface area contributed by atoms with Crippen molar-refractivity contribution in [3.63, 3.8) is 0 Å². The summed E-state index contributed by atoms with van der Waals surface area (Å²) in [6, 6.07) is 0. The van der Waals surface area contributed by atoms with E-state index in [2.05, 4.69) is 0 Å². The Bertz CT molecular complexity index is 643. The predicted octanol–water partition coefficient (Wildman–Crippen LogP) is -3.04. The summed E-state index contributed by atoms with van der Waals surface area (Å²) in [5.74, 6) is -0.147. The molecule has 0 aromatic carbocycles. The Kier molecular flexibility index (Phi) is 8.42. The molecule has 3 aliphatic rings. The molecule has 2 heterocycles. The van der Waals surface area contributed by atoms with E-state index in [1.807, 2.05) is 0 Å². The molecule has 12 atom stereocenters. The van der Waals surface area contributed by atoms with Crippen molar-refractivity contribution in [2.24, 2.45) is 5.92 Å². The van der Waals surface area contributed by atoms with E-state index >= 15 is 0 Å². The number of aliphatic hydroxyl groups excluding tert-OH is 7. The monoisotopic (exact) mass is 482 g/mol. The molecule has 3 rings (SSSR count). The van der Waals surface area contributed by atoms with Crippen molar-refractivity contribution < 1.29 is 59.8 Å². The van der Waals surface area contributed by atoms with Crippen LogP contribution in [0.15, 0.2) is 0 Å². The summed E-state index contributed by atoms with van der Waals surface area (Å²) in [6.45, 7) is 4.34. The van der Waals surface area contributed by atoms with Gasteiger partial charge in [-0.2, -0.15) is 0 Å². The minimum atomic E-state index is -1.64. The second-order valence-corrected chi connectivity index (χ2v) is 10.2. The van der Waals surface area contributed by atoms with E-state index in [0.717, 1.165) is 0 Å². The maximum Gasteiger partial charge on any atom is 0.187 e. The summed E-state index contributed by atoms with van der Waals surface area (Å²) < 4.78 is 22.1. The molecule has 0 bridgehead atoms. The van der Waals surface area contributed by atoms with Gasteiger partial charge in [0.15, 0.2) is 12.6 Å². The zero-order valence-corrected chi connectivity index (χ0v) is 19.1. The van der Waals surface area contributed by atoms with Gasteiger partial charge in [0.25, 0.3) is 0 Å². The van der Waals surface area contributed by atoms with Gasteiger partial charge in [0.2, 0.25) is 0 Å². The molecule has 1 saturated carbocycles. The molecule has 12 unspecified atom stereocenters. The van der Waals surface area contributed by atoms with Crippen LogP contribution in [-0.4, -0.2) is 127 Å². The standard InChI is InChI=1S/C21H38O12/c1-20(2,29)9-4-5-21(3,12(23)6-9)33-19-17(28)15(26)14(25)11(32-19)8-31-18-16(27)13(24)10(22)7-30-18/h9-19,22-29H,4-8H2,1-3H3. The van der Waals surface area contributed by atoms with Crippen LogP contribution >= 0.6 is 0 Å². The smallest absolute Gasteiger partial charge is 0.187 e. The highest BCUT2D eigenvalue weighted by atomic mass is 16.7. The van der Waals surface area contributed by atoms with Crippen molar-refractivity contribution in [2.45, 2.75) is 113 Å². The highest BCUT2D eigenvalue weighted by molar-refractivity contribution is 4.97. The lowest BCUT2D eigenvalue weighted by molar-refractivity contribution is -0.348. The Morgan fingerprint density at radius 2 is 1.55 bits per heavy atom. The highest BCUT2D eigenvalue weighted by Crippen LogP contribution is 2.41. The van der Waals surface area contributed by atoms with Gasteiger partial charge in [0, 0.05) is 0 Å². The van der Waals surface area contributed by atoms with Gasteiger partial charge in [-0.15, -0.1) is 0 Å². The van der Waals surface area contributed by atoms with Crippen LogP contribution in [0, 0.1) is 5.92 Å². The van der Waals surface area contributed by atoms with Crippen LogP contribution in [-0.2, 0) is 18.9 Å². The van der Waals surface area contributed by atoms with E-state index in [-0.39, 0.29) is 18.9 Å². The van der Waals surface area contributed by atoms with Crippen molar-refractivity contribution in [1.82, 2.24) is 0 Å². The van der Waals surface area contributed by atoms with Crippen LogP contribution in [0.3, 0.4) is 0 Å². The van der Waals surface area contributed by atoms with E-state index in [4.69, 9.17) is 18.9 Å². The average Bonchev–Trinajstić information content (AvgIpc) is 2.74. The number of ether oxygens (including phenoxy) is 4. The summed E-state index contributed by atoms with van der Waals surface area (Å²) in [5, 5.41) is 81.3. The van der Waals surface area contributed by atoms with E-state index in [1.165, 1.54) is 0 Å². The summed E-state index contributed by atoms with van der Waals surface area (Å²) in [4.78, 5) is 0. The van der Waals surface area contributed by atoms with Gasteiger partial charge in [-0.05, 0) is 46.0 Å². The molecule has 0 spiro atoms. The van der Waals surface area contributed by atoms with E-state index < -0.39 is 79.2 Å². The third kappa shape index (κ3) is 5.85. The topological polar surface area (TPSA) is 199 Å². The molecule has 0 aromatic rings. The molecule has 1 aliphatic carbocycles. The van der Waals surface area contributed by atoms with Gasteiger partial charge >= 0.3 is 0 Å². The van der Waals surface area contributed by atoms with Gasteiger partial charge in [-0.1, -0.05) is 0 Å². The largest absolute Gasteiger partial charge is 0.390 e. The number of rotatable bonds is 6. The zero-order chi connectivity index (χ0) is 24.7. The molecule has 33 heavy (non-hydrogen) atoms. The molecule has 0 radical (unpaired) electrons. The first-order valence-electron chi connectivity index (χ1n) is 11.3. The fraction of sp³-hybridized carbons (Fsp3) is 1.00. The molecule has 2 saturated heterocycles. The SMILES string of the molecule is CC(C)(O)C1CCC(C)(OC2OC(COC3OCC(O)C(O)C3O)C(O)C(O)C2O)C(O)C1. The van der Waals surface area contributed by atoms with Gasteiger partial charge in [-0.3, -0.25) is 0 Å². The maximum atomic E-state index is 10.7. The Hall–Kier alpha value is -0.480. The second kappa shape index (κ2) is 10.2.